The van der Waals surface area contributed by atoms with Crippen LogP contribution in [0.25, 0.3) is 0 Å². The largest absolute Gasteiger partial charge is 0.326 e. The van der Waals surface area contributed by atoms with Gasteiger partial charge in [-0.25, -0.2) is 0 Å². The maximum Gasteiger partial charge on any atom is 0.0576 e. The standard InChI is InChI=1S/C15H17NOS/c1-12-5-2-3-8-15(12)18(17)11-14-7-4-6-13(9-14)10-16/h2-9H,10-11,16H2,1H3. The molecule has 0 saturated carbocycles. The first kappa shape index (κ1) is 13.0. The van der Waals surface area contributed by atoms with Crippen LogP contribution in [0, 0.1) is 6.92 Å². The van der Waals surface area contributed by atoms with Crippen molar-refractivity contribution in [3.8, 4) is 0 Å². The van der Waals surface area contributed by atoms with Crippen LogP contribution in [0.2, 0.25) is 0 Å². The molecule has 94 valence electrons. The summed E-state index contributed by atoms with van der Waals surface area (Å²) in [5.74, 6) is 0.540. The first-order valence-corrected chi connectivity index (χ1v) is 7.24. The minimum atomic E-state index is -0.997. The van der Waals surface area contributed by atoms with Crippen LogP contribution in [0.3, 0.4) is 0 Å². The van der Waals surface area contributed by atoms with E-state index in [1.165, 1.54) is 0 Å². The summed E-state index contributed by atoms with van der Waals surface area (Å²) in [6.45, 7) is 2.51. The molecule has 18 heavy (non-hydrogen) atoms. The van der Waals surface area contributed by atoms with Crippen LogP contribution < -0.4 is 5.73 Å². The van der Waals surface area contributed by atoms with Gasteiger partial charge in [0.05, 0.1) is 16.6 Å². The predicted molar refractivity (Wildman–Crippen MR) is 75.6 cm³/mol. The fourth-order valence-corrected chi connectivity index (χ4v) is 3.18. The monoisotopic (exact) mass is 259 g/mol. The Morgan fingerprint density at radius 3 is 2.50 bits per heavy atom. The Balaban J connectivity index is 2.19. The smallest absolute Gasteiger partial charge is 0.0576 e. The van der Waals surface area contributed by atoms with E-state index in [4.69, 9.17) is 5.73 Å². The summed E-state index contributed by atoms with van der Waals surface area (Å²) >= 11 is 0. The van der Waals surface area contributed by atoms with Crippen molar-refractivity contribution in [1.82, 2.24) is 0 Å². The molecule has 0 aromatic heterocycles. The maximum absolute atomic E-state index is 12.3. The second kappa shape index (κ2) is 5.94. The molecule has 0 radical (unpaired) electrons. The molecule has 0 bridgehead atoms. The molecule has 2 aromatic carbocycles. The third kappa shape index (κ3) is 3.06. The zero-order valence-corrected chi connectivity index (χ0v) is 11.2. The predicted octanol–water partition coefficient (Wildman–Crippen LogP) is 2.76. The topological polar surface area (TPSA) is 43.1 Å². The van der Waals surface area contributed by atoms with Gasteiger partial charge in [0.25, 0.3) is 0 Å². The highest BCUT2D eigenvalue weighted by atomic mass is 32.2. The Labute approximate surface area is 110 Å². The first-order valence-electron chi connectivity index (χ1n) is 5.92. The average molecular weight is 259 g/mol. The molecule has 0 aliphatic heterocycles. The molecule has 1 atom stereocenters. The number of rotatable bonds is 4. The van der Waals surface area contributed by atoms with E-state index in [2.05, 4.69) is 0 Å². The fourth-order valence-electron chi connectivity index (χ4n) is 1.89. The Morgan fingerprint density at radius 2 is 1.78 bits per heavy atom. The van der Waals surface area contributed by atoms with Gasteiger partial charge in [-0.2, -0.15) is 0 Å². The van der Waals surface area contributed by atoms with Crippen molar-refractivity contribution < 1.29 is 4.21 Å². The molecule has 0 heterocycles. The molecule has 0 spiro atoms. The van der Waals surface area contributed by atoms with Crippen molar-refractivity contribution in [2.24, 2.45) is 5.73 Å². The second-order valence-electron chi connectivity index (χ2n) is 4.28. The van der Waals surface area contributed by atoms with Gasteiger partial charge in [-0.15, -0.1) is 0 Å². The average Bonchev–Trinajstić information content (AvgIpc) is 2.39. The Bertz CT molecular complexity index is 566. The van der Waals surface area contributed by atoms with Gasteiger partial charge in [-0.05, 0) is 29.7 Å². The van der Waals surface area contributed by atoms with Crippen LogP contribution >= 0.6 is 0 Å². The number of benzene rings is 2. The molecule has 0 amide bonds. The lowest BCUT2D eigenvalue weighted by molar-refractivity contribution is 0.682. The lowest BCUT2D eigenvalue weighted by Gasteiger charge is -2.07. The normalized spacial score (nSPS) is 12.3. The second-order valence-corrected chi connectivity index (χ2v) is 5.70. The van der Waals surface area contributed by atoms with Crippen molar-refractivity contribution >= 4 is 10.8 Å². The molecule has 2 nitrogen and oxygen atoms in total. The maximum atomic E-state index is 12.3. The Morgan fingerprint density at radius 1 is 1.06 bits per heavy atom. The van der Waals surface area contributed by atoms with E-state index in [0.29, 0.717) is 12.3 Å². The lowest BCUT2D eigenvalue weighted by atomic mass is 10.1. The summed E-state index contributed by atoms with van der Waals surface area (Å²) in [7, 11) is -0.997. The van der Waals surface area contributed by atoms with Crippen LogP contribution in [-0.2, 0) is 23.1 Å². The lowest BCUT2D eigenvalue weighted by Crippen LogP contribution is -2.01. The van der Waals surface area contributed by atoms with Gasteiger partial charge < -0.3 is 5.73 Å². The highest BCUT2D eigenvalue weighted by Gasteiger charge is 2.07. The third-order valence-electron chi connectivity index (χ3n) is 2.86. The van der Waals surface area contributed by atoms with Gasteiger partial charge in [0.2, 0.25) is 0 Å². The molecule has 0 aliphatic carbocycles. The zero-order valence-electron chi connectivity index (χ0n) is 10.4. The highest BCUT2D eigenvalue weighted by Crippen LogP contribution is 2.16. The Hall–Kier alpha value is -1.45. The summed E-state index contributed by atoms with van der Waals surface area (Å²) < 4.78 is 12.3. The quantitative estimate of drug-likeness (QED) is 0.917. The summed E-state index contributed by atoms with van der Waals surface area (Å²) in [5, 5.41) is 0. The van der Waals surface area contributed by atoms with Crippen molar-refractivity contribution in [1.29, 1.82) is 0 Å². The summed E-state index contributed by atoms with van der Waals surface area (Å²) in [6, 6.07) is 15.8. The van der Waals surface area contributed by atoms with Crippen LogP contribution in [0.4, 0.5) is 0 Å². The minimum absolute atomic E-state index is 0.519. The van der Waals surface area contributed by atoms with Crippen molar-refractivity contribution in [3.63, 3.8) is 0 Å². The van der Waals surface area contributed by atoms with Crippen molar-refractivity contribution in [2.75, 3.05) is 0 Å². The van der Waals surface area contributed by atoms with Gasteiger partial charge in [0.15, 0.2) is 0 Å². The van der Waals surface area contributed by atoms with Crippen molar-refractivity contribution in [2.45, 2.75) is 24.1 Å². The van der Waals surface area contributed by atoms with Gasteiger partial charge >= 0.3 is 0 Å². The summed E-state index contributed by atoms with van der Waals surface area (Å²) in [6.07, 6.45) is 0. The molecule has 3 heteroatoms. The number of hydrogen-bond donors (Lipinski definition) is 1. The fraction of sp³-hybridized carbons (Fsp3) is 0.200. The van der Waals surface area contributed by atoms with Crippen LogP contribution in [0.15, 0.2) is 53.4 Å². The summed E-state index contributed by atoms with van der Waals surface area (Å²) in [5.41, 5.74) is 8.83. The highest BCUT2D eigenvalue weighted by molar-refractivity contribution is 7.84. The van der Waals surface area contributed by atoms with E-state index in [-0.39, 0.29) is 0 Å². The molecule has 0 aliphatic rings. The van der Waals surface area contributed by atoms with Gasteiger partial charge in [0, 0.05) is 11.4 Å². The van der Waals surface area contributed by atoms with E-state index >= 15 is 0 Å². The van der Waals surface area contributed by atoms with Crippen LogP contribution in [-0.4, -0.2) is 4.21 Å². The van der Waals surface area contributed by atoms with Gasteiger partial charge in [0.1, 0.15) is 0 Å². The number of nitrogens with two attached hydrogens (primary N) is 1. The molecular formula is C15H17NOS. The first-order chi connectivity index (χ1) is 8.70. The molecule has 2 rings (SSSR count). The van der Waals surface area contributed by atoms with Crippen LogP contribution in [0.1, 0.15) is 16.7 Å². The van der Waals surface area contributed by atoms with Crippen molar-refractivity contribution in [3.05, 3.63) is 65.2 Å². The van der Waals surface area contributed by atoms with E-state index < -0.39 is 10.8 Å². The van der Waals surface area contributed by atoms with Gasteiger partial charge in [-0.3, -0.25) is 4.21 Å². The van der Waals surface area contributed by atoms with Gasteiger partial charge in [-0.1, -0.05) is 42.5 Å². The molecule has 0 saturated heterocycles. The van der Waals surface area contributed by atoms with Crippen LogP contribution in [0.5, 0.6) is 0 Å². The minimum Gasteiger partial charge on any atom is -0.326 e. The number of hydrogen-bond acceptors (Lipinski definition) is 2. The van der Waals surface area contributed by atoms with E-state index in [0.717, 1.165) is 21.6 Å². The summed E-state index contributed by atoms with van der Waals surface area (Å²) in [4.78, 5) is 0.913. The molecule has 1 unspecified atom stereocenters. The molecule has 2 N–H and O–H groups in total. The van der Waals surface area contributed by atoms with E-state index in [1.807, 2.05) is 55.5 Å². The molecule has 0 fully saturated rings. The SMILES string of the molecule is Cc1ccccc1S(=O)Cc1cccc(CN)c1. The van der Waals surface area contributed by atoms with E-state index in [1.54, 1.807) is 0 Å². The number of aryl methyl sites for hydroxylation is 1. The zero-order chi connectivity index (χ0) is 13.0. The molecule has 2 aromatic rings. The van der Waals surface area contributed by atoms with E-state index in [9.17, 15) is 4.21 Å². The third-order valence-corrected chi connectivity index (χ3v) is 4.41. The Kier molecular flexibility index (Phi) is 4.28. The molecular weight excluding hydrogens is 242 g/mol.